The van der Waals surface area contributed by atoms with Gasteiger partial charge in [0.05, 0.1) is 0 Å². The molecular weight excluding hydrogens is 272 g/mol. The fraction of sp³-hybridized carbons (Fsp3) is 1.00. The molecule has 0 radical (unpaired) electrons. The second-order valence-electron chi connectivity index (χ2n) is 4.59. The van der Waals surface area contributed by atoms with E-state index in [1.807, 2.05) is 27.7 Å². The van der Waals surface area contributed by atoms with Gasteiger partial charge >= 0.3 is 0 Å². The van der Waals surface area contributed by atoms with Gasteiger partial charge in [0.15, 0.2) is 12.6 Å². The first kappa shape index (κ1) is 20.8. The zero-order valence-corrected chi connectivity index (χ0v) is 14.6. The number of hydrogen-bond donors (Lipinski definition) is 0. The Bertz CT molecular complexity index is 203. The van der Waals surface area contributed by atoms with Crippen molar-refractivity contribution in [2.45, 2.75) is 79.2 Å². The van der Waals surface area contributed by atoms with Crippen molar-refractivity contribution in [2.24, 2.45) is 0 Å². The Morgan fingerprint density at radius 1 is 0.524 bits per heavy atom. The van der Waals surface area contributed by atoms with Gasteiger partial charge < -0.3 is 23.7 Å². The molecule has 0 saturated carbocycles. The van der Waals surface area contributed by atoms with Crippen molar-refractivity contribution in [1.29, 1.82) is 0 Å². The molecule has 0 fully saturated rings. The van der Waals surface area contributed by atoms with Crippen LogP contribution in [0.1, 0.15) is 54.4 Å². The van der Waals surface area contributed by atoms with Gasteiger partial charge in [-0.05, 0) is 40.5 Å². The predicted octanol–water partition coefficient (Wildman–Crippen LogP) is 3.36. The molecule has 0 rings (SSSR count). The number of hydrogen-bond acceptors (Lipinski definition) is 5. The summed E-state index contributed by atoms with van der Waals surface area (Å²) in [5.74, 6) is 0. The second-order valence-corrected chi connectivity index (χ2v) is 4.59. The molecule has 5 nitrogen and oxygen atoms in total. The summed E-state index contributed by atoms with van der Waals surface area (Å²) in [4.78, 5) is 0. The monoisotopic (exact) mass is 306 g/mol. The van der Waals surface area contributed by atoms with E-state index in [1.165, 1.54) is 0 Å². The van der Waals surface area contributed by atoms with Crippen molar-refractivity contribution in [3.8, 4) is 0 Å². The quantitative estimate of drug-likeness (QED) is 0.461. The van der Waals surface area contributed by atoms with Crippen molar-refractivity contribution in [2.75, 3.05) is 26.4 Å². The van der Waals surface area contributed by atoms with Gasteiger partial charge in [0.1, 0.15) is 12.2 Å². The van der Waals surface area contributed by atoms with E-state index in [0.717, 1.165) is 12.8 Å². The average Bonchev–Trinajstić information content (AvgIpc) is 2.49. The molecule has 21 heavy (non-hydrogen) atoms. The van der Waals surface area contributed by atoms with Gasteiger partial charge in [0, 0.05) is 26.4 Å². The van der Waals surface area contributed by atoms with E-state index in [0.29, 0.717) is 26.4 Å². The summed E-state index contributed by atoms with van der Waals surface area (Å²) < 4.78 is 28.9. The van der Waals surface area contributed by atoms with Gasteiger partial charge in [-0.2, -0.15) is 0 Å². The minimum absolute atomic E-state index is 0.1000. The molecule has 4 atom stereocenters. The third-order valence-corrected chi connectivity index (χ3v) is 3.10. The highest BCUT2D eigenvalue weighted by atomic mass is 16.8. The van der Waals surface area contributed by atoms with Crippen molar-refractivity contribution in [3.63, 3.8) is 0 Å². The minimum atomic E-state index is -0.439. The molecule has 0 N–H and O–H groups in total. The standard InChI is InChI=1S/C16H34O5/c1-7-13(17-9-3)15(19-11-5)21-16(20-12-6)14(8-2)18-10-4/h13-16H,7-12H2,1-6H3. The molecular formula is C16H34O5. The van der Waals surface area contributed by atoms with Crippen LogP contribution in [-0.2, 0) is 23.7 Å². The maximum atomic E-state index is 6.05. The van der Waals surface area contributed by atoms with Crippen LogP contribution >= 0.6 is 0 Å². The first-order valence-corrected chi connectivity index (χ1v) is 8.29. The van der Waals surface area contributed by atoms with Crippen LogP contribution in [0.2, 0.25) is 0 Å². The van der Waals surface area contributed by atoms with Gasteiger partial charge in [-0.1, -0.05) is 13.8 Å². The van der Waals surface area contributed by atoms with Crippen molar-refractivity contribution < 1.29 is 23.7 Å². The first-order valence-electron chi connectivity index (χ1n) is 8.29. The molecule has 0 aromatic heterocycles. The molecule has 0 aliphatic heterocycles. The number of ether oxygens (including phenoxy) is 5. The van der Waals surface area contributed by atoms with Gasteiger partial charge in [-0.3, -0.25) is 0 Å². The van der Waals surface area contributed by atoms with Gasteiger partial charge in [0.2, 0.25) is 0 Å². The SMILES string of the molecule is CCOC(CC)C(OCC)OC(OCC)C(CC)OCC. The molecule has 0 saturated heterocycles. The van der Waals surface area contributed by atoms with Crippen LogP contribution < -0.4 is 0 Å². The highest BCUT2D eigenvalue weighted by molar-refractivity contribution is 4.67. The molecule has 4 unspecified atom stereocenters. The van der Waals surface area contributed by atoms with E-state index in [2.05, 4.69) is 13.8 Å². The van der Waals surface area contributed by atoms with Gasteiger partial charge in [0.25, 0.3) is 0 Å². The predicted molar refractivity (Wildman–Crippen MR) is 83.3 cm³/mol. The summed E-state index contributed by atoms with van der Waals surface area (Å²) in [5.41, 5.74) is 0. The maximum absolute atomic E-state index is 6.05. The summed E-state index contributed by atoms with van der Waals surface area (Å²) in [5, 5.41) is 0. The Balaban J connectivity index is 4.84. The van der Waals surface area contributed by atoms with Crippen LogP contribution in [0.5, 0.6) is 0 Å². The second kappa shape index (κ2) is 13.5. The van der Waals surface area contributed by atoms with Crippen LogP contribution in [0.3, 0.4) is 0 Å². The lowest BCUT2D eigenvalue weighted by Gasteiger charge is -2.33. The Morgan fingerprint density at radius 2 is 0.857 bits per heavy atom. The molecule has 0 amide bonds. The lowest BCUT2D eigenvalue weighted by Crippen LogP contribution is -2.43. The molecule has 128 valence electrons. The van der Waals surface area contributed by atoms with Crippen LogP contribution in [0.4, 0.5) is 0 Å². The molecule has 0 aliphatic rings. The van der Waals surface area contributed by atoms with Crippen molar-refractivity contribution in [3.05, 3.63) is 0 Å². The molecule has 0 heterocycles. The third kappa shape index (κ3) is 8.12. The molecule has 0 aromatic carbocycles. The molecule has 0 spiro atoms. The molecule has 0 bridgehead atoms. The normalized spacial score (nSPS) is 17.4. The van der Waals surface area contributed by atoms with Crippen LogP contribution in [-0.4, -0.2) is 51.2 Å². The summed E-state index contributed by atoms with van der Waals surface area (Å²) >= 11 is 0. The average molecular weight is 306 g/mol. The molecule has 0 aromatic rings. The van der Waals surface area contributed by atoms with E-state index in [9.17, 15) is 0 Å². The van der Waals surface area contributed by atoms with E-state index in [1.54, 1.807) is 0 Å². The summed E-state index contributed by atoms with van der Waals surface area (Å²) in [6.07, 6.45) is 0.567. The lowest BCUT2D eigenvalue weighted by atomic mass is 10.2. The highest BCUT2D eigenvalue weighted by Crippen LogP contribution is 2.18. The van der Waals surface area contributed by atoms with Gasteiger partial charge in [-0.15, -0.1) is 0 Å². The Labute approximate surface area is 130 Å². The summed E-state index contributed by atoms with van der Waals surface area (Å²) in [6, 6.07) is 0. The Hall–Kier alpha value is -0.200. The van der Waals surface area contributed by atoms with E-state index >= 15 is 0 Å². The Kier molecular flexibility index (Phi) is 13.3. The van der Waals surface area contributed by atoms with Crippen molar-refractivity contribution >= 4 is 0 Å². The molecule has 0 aliphatic carbocycles. The lowest BCUT2D eigenvalue weighted by molar-refractivity contribution is -0.301. The number of rotatable bonds is 14. The fourth-order valence-electron chi connectivity index (χ4n) is 2.14. The van der Waals surface area contributed by atoms with E-state index in [4.69, 9.17) is 23.7 Å². The van der Waals surface area contributed by atoms with Crippen LogP contribution in [0.15, 0.2) is 0 Å². The highest BCUT2D eigenvalue weighted by Gasteiger charge is 2.30. The van der Waals surface area contributed by atoms with Crippen LogP contribution in [0.25, 0.3) is 0 Å². The minimum Gasteiger partial charge on any atom is -0.373 e. The van der Waals surface area contributed by atoms with Crippen molar-refractivity contribution in [1.82, 2.24) is 0 Å². The summed E-state index contributed by atoms with van der Waals surface area (Å²) in [7, 11) is 0. The van der Waals surface area contributed by atoms with Crippen LogP contribution in [0, 0.1) is 0 Å². The zero-order chi connectivity index (χ0) is 16.1. The largest absolute Gasteiger partial charge is 0.373 e. The first-order chi connectivity index (χ1) is 10.2. The fourth-order valence-corrected chi connectivity index (χ4v) is 2.14. The van der Waals surface area contributed by atoms with E-state index in [-0.39, 0.29) is 12.2 Å². The van der Waals surface area contributed by atoms with Gasteiger partial charge in [-0.25, -0.2) is 0 Å². The third-order valence-electron chi connectivity index (χ3n) is 3.10. The zero-order valence-electron chi connectivity index (χ0n) is 14.6. The van der Waals surface area contributed by atoms with E-state index < -0.39 is 12.6 Å². The Morgan fingerprint density at radius 3 is 1.10 bits per heavy atom. The smallest absolute Gasteiger partial charge is 0.186 e. The summed E-state index contributed by atoms with van der Waals surface area (Å²) in [6.45, 7) is 14.4. The topological polar surface area (TPSA) is 46.2 Å². The maximum Gasteiger partial charge on any atom is 0.186 e. The molecule has 5 heteroatoms.